The molecule has 3 aliphatic heterocycles. The van der Waals surface area contributed by atoms with E-state index in [9.17, 15) is 14.7 Å². The summed E-state index contributed by atoms with van der Waals surface area (Å²) in [6.07, 6.45) is 1.53. The number of hydrogen-bond donors (Lipinski definition) is 2. The summed E-state index contributed by atoms with van der Waals surface area (Å²) in [5.74, 6) is 0.140. The molecule has 9 heteroatoms. The first-order valence-electron chi connectivity index (χ1n) is 10.9. The maximum atomic E-state index is 12.7. The summed E-state index contributed by atoms with van der Waals surface area (Å²) in [6.45, 7) is 6.66. The number of amides is 3. The molecule has 0 spiro atoms. The Balaban J connectivity index is 1.58. The van der Waals surface area contributed by atoms with Gasteiger partial charge in [0.15, 0.2) is 0 Å². The Labute approximate surface area is 173 Å². The number of urea groups is 1. The number of fused-ring (bicyclic) bond motifs is 1. The van der Waals surface area contributed by atoms with Gasteiger partial charge in [-0.3, -0.25) is 4.79 Å². The second-order valence-electron chi connectivity index (χ2n) is 8.40. The second-order valence-corrected chi connectivity index (χ2v) is 8.40. The smallest absolute Gasteiger partial charge is 0.317 e. The lowest BCUT2D eigenvalue weighted by Gasteiger charge is -2.44. The molecular weight excluding hydrogens is 376 g/mol. The Bertz CT molecular complexity index is 555. The van der Waals surface area contributed by atoms with Crippen molar-refractivity contribution >= 4 is 11.9 Å². The van der Waals surface area contributed by atoms with Gasteiger partial charge < -0.3 is 34.6 Å². The fourth-order valence-electron chi connectivity index (χ4n) is 4.29. The van der Waals surface area contributed by atoms with Gasteiger partial charge in [0.25, 0.3) is 0 Å². The second kappa shape index (κ2) is 10.6. The summed E-state index contributed by atoms with van der Waals surface area (Å²) in [5.41, 5.74) is 0. The van der Waals surface area contributed by atoms with Crippen LogP contribution in [0.5, 0.6) is 0 Å². The molecule has 29 heavy (non-hydrogen) atoms. The number of likely N-dealkylation sites (N-methyl/N-ethyl adjacent to an activating group) is 1. The molecule has 3 fully saturated rings. The summed E-state index contributed by atoms with van der Waals surface area (Å²) in [7, 11) is 2.07. The minimum Gasteiger partial charge on any atom is -0.389 e. The van der Waals surface area contributed by atoms with Crippen LogP contribution in [0.25, 0.3) is 0 Å². The van der Waals surface area contributed by atoms with Crippen molar-refractivity contribution in [1.82, 2.24) is 20.0 Å². The maximum Gasteiger partial charge on any atom is 0.317 e. The standard InChI is InChI=1S/C20H36N4O5/c1-3-6-21-20(27)24-12-15(25)13-28-14-18-17(24)5-4-16(29-18)11-19(26)23-9-7-22(2)8-10-23/h15-18,25H,3-14H2,1-2H3,(H,21,27)/t15-,16+,17+,18-/m0/s1. The zero-order valence-electron chi connectivity index (χ0n) is 17.7. The predicted octanol–water partition coefficient (Wildman–Crippen LogP) is -0.121. The highest BCUT2D eigenvalue weighted by Crippen LogP contribution is 2.28. The van der Waals surface area contributed by atoms with Gasteiger partial charge in [-0.15, -0.1) is 0 Å². The third-order valence-corrected chi connectivity index (χ3v) is 6.03. The lowest BCUT2D eigenvalue weighted by atomic mass is 9.94. The van der Waals surface area contributed by atoms with Crippen molar-refractivity contribution in [2.45, 2.75) is 57.0 Å². The maximum absolute atomic E-state index is 12.7. The van der Waals surface area contributed by atoms with Gasteiger partial charge in [-0.2, -0.15) is 0 Å². The van der Waals surface area contributed by atoms with Gasteiger partial charge >= 0.3 is 6.03 Å². The zero-order chi connectivity index (χ0) is 20.8. The average molecular weight is 413 g/mol. The quantitative estimate of drug-likeness (QED) is 0.669. The lowest BCUT2D eigenvalue weighted by Crippen LogP contribution is -2.59. The van der Waals surface area contributed by atoms with Crippen molar-refractivity contribution in [2.24, 2.45) is 0 Å². The molecule has 3 rings (SSSR count). The van der Waals surface area contributed by atoms with E-state index in [1.807, 2.05) is 11.8 Å². The average Bonchev–Trinajstić information content (AvgIpc) is 2.70. The third kappa shape index (κ3) is 6.04. The highest BCUT2D eigenvalue weighted by molar-refractivity contribution is 5.77. The van der Waals surface area contributed by atoms with Gasteiger partial charge in [0, 0.05) is 32.7 Å². The molecule has 3 saturated heterocycles. The Hall–Kier alpha value is -1.42. The van der Waals surface area contributed by atoms with E-state index < -0.39 is 6.10 Å². The first kappa shape index (κ1) is 22.3. The molecule has 166 valence electrons. The van der Waals surface area contributed by atoms with E-state index in [4.69, 9.17) is 9.47 Å². The number of hydrogen-bond acceptors (Lipinski definition) is 6. The largest absolute Gasteiger partial charge is 0.389 e. The zero-order valence-corrected chi connectivity index (χ0v) is 17.7. The third-order valence-electron chi connectivity index (χ3n) is 6.03. The summed E-state index contributed by atoms with van der Waals surface area (Å²) >= 11 is 0. The van der Waals surface area contributed by atoms with E-state index in [1.54, 1.807) is 4.90 Å². The molecule has 9 nitrogen and oxygen atoms in total. The van der Waals surface area contributed by atoms with E-state index in [0.29, 0.717) is 26.0 Å². The van der Waals surface area contributed by atoms with Crippen LogP contribution < -0.4 is 5.32 Å². The van der Waals surface area contributed by atoms with E-state index in [0.717, 1.165) is 39.0 Å². The predicted molar refractivity (Wildman–Crippen MR) is 108 cm³/mol. The van der Waals surface area contributed by atoms with Crippen LogP contribution in [0.2, 0.25) is 0 Å². The highest BCUT2D eigenvalue weighted by atomic mass is 16.5. The molecule has 0 unspecified atom stereocenters. The molecule has 0 aromatic heterocycles. The molecule has 0 radical (unpaired) electrons. The van der Waals surface area contributed by atoms with Gasteiger partial charge in [0.1, 0.15) is 6.10 Å². The molecule has 0 aromatic carbocycles. The minimum absolute atomic E-state index is 0.140. The van der Waals surface area contributed by atoms with Gasteiger partial charge in [-0.1, -0.05) is 6.92 Å². The van der Waals surface area contributed by atoms with Crippen LogP contribution in [0.4, 0.5) is 4.79 Å². The molecule has 0 aliphatic carbocycles. The fraction of sp³-hybridized carbons (Fsp3) is 0.900. The number of rotatable bonds is 4. The van der Waals surface area contributed by atoms with Crippen molar-refractivity contribution in [3.05, 3.63) is 0 Å². The number of nitrogens with one attached hydrogen (secondary N) is 1. The van der Waals surface area contributed by atoms with E-state index in [2.05, 4.69) is 17.3 Å². The SMILES string of the molecule is CCCNC(=O)N1C[C@H](O)COC[C@@H]2O[C@@H](CC(=O)N3CCN(C)CC3)CC[C@H]21. The summed E-state index contributed by atoms with van der Waals surface area (Å²) in [6, 6.07) is -0.324. The normalized spacial score (nSPS) is 31.6. The topological polar surface area (TPSA) is 94.6 Å². The van der Waals surface area contributed by atoms with Crippen molar-refractivity contribution in [3.8, 4) is 0 Å². The number of ether oxygens (including phenoxy) is 2. The Morgan fingerprint density at radius 3 is 2.62 bits per heavy atom. The van der Waals surface area contributed by atoms with Crippen molar-refractivity contribution < 1.29 is 24.2 Å². The van der Waals surface area contributed by atoms with Gasteiger partial charge in [0.05, 0.1) is 44.4 Å². The minimum atomic E-state index is -0.708. The first-order valence-corrected chi connectivity index (χ1v) is 10.9. The van der Waals surface area contributed by atoms with Crippen LogP contribution in [0, 0.1) is 0 Å². The Morgan fingerprint density at radius 2 is 1.90 bits per heavy atom. The lowest BCUT2D eigenvalue weighted by molar-refractivity contribution is -0.155. The van der Waals surface area contributed by atoms with Gasteiger partial charge in [-0.25, -0.2) is 4.79 Å². The number of carbonyl (C=O) groups is 2. The molecule has 0 bridgehead atoms. The van der Waals surface area contributed by atoms with E-state index in [-0.39, 0.29) is 43.3 Å². The highest BCUT2D eigenvalue weighted by Gasteiger charge is 2.40. The Morgan fingerprint density at radius 1 is 1.14 bits per heavy atom. The van der Waals surface area contributed by atoms with Crippen molar-refractivity contribution in [2.75, 3.05) is 59.5 Å². The molecule has 3 amide bonds. The van der Waals surface area contributed by atoms with Crippen LogP contribution in [0.1, 0.15) is 32.6 Å². The first-order chi connectivity index (χ1) is 14.0. The number of β-amino-alcohol motifs (C(OH)–C–C–N with tert-alkyl or cyclic N) is 1. The van der Waals surface area contributed by atoms with E-state index in [1.165, 1.54) is 0 Å². The summed E-state index contributed by atoms with van der Waals surface area (Å²) in [5, 5.41) is 13.1. The molecule has 0 aromatic rings. The van der Waals surface area contributed by atoms with Crippen LogP contribution in [0.3, 0.4) is 0 Å². The van der Waals surface area contributed by atoms with Crippen LogP contribution in [0.15, 0.2) is 0 Å². The number of carbonyl (C=O) groups excluding carboxylic acids is 2. The fourth-order valence-corrected chi connectivity index (χ4v) is 4.29. The molecule has 3 aliphatic rings. The summed E-state index contributed by atoms with van der Waals surface area (Å²) < 4.78 is 11.9. The number of aliphatic hydroxyl groups is 1. The molecule has 4 atom stereocenters. The number of aliphatic hydroxyl groups excluding tert-OH is 1. The monoisotopic (exact) mass is 412 g/mol. The number of nitrogens with zero attached hydrogens (tertiary/aromatic N) is 3. The van der Waals surface area contributed by atoms with Crippen molar-refractivity contribution in [3.63, 3.8) is 0 Å². The van der Waals surface area contributed by atoms with Crippen LogP contribution >= 0.6 is 0 Å². The summed E-state index contributed by atoms with van der Waals surface area (Å²) in [4.78, 5) is 31.2. The molecular formula is C20H36N4O5. The number of piperazine rings is 1. The van der Waals surface area contributed by atoms with Crippen LogP contribution in [-0.4, -0.2) is 116 Å². The molecule has 0 saturated carbocycles. The molecule has 2 N–H and O–H groups in total. The van der Waals surface area contributed by atoms with Crippen LogP contribution in [-0.2, 0) is 14.3 Å². The van der Waals surface area contributed by atoms with Crippen molar-refractivity contribution in [1.29, 1.82) is 0 Å². The van der Waals surface area contributed by atoms with Gasteiger partial charge in [0.2, 0.25) is 5.91 Å². The Kier molecular flexibility index (Phi) is 8.11. The van der Waals surface area contributed by atoms with Gasteiger partial charge in [-0.05, 0) is 26.3 Å². The van der Waals surface area contributed by atoms with E-state index >= 15 is 0 Å². The molecule has 3 heterocycles.